The van der Waals surface area contributed by atoms with Gasteiger partial charge in [-0.25, -0.2) is 0 Å². The summed E-state index contributed by atoms with van der Waals surface area (Å²) < 4.78 is 0. The number of likely N-dealkylation sites (tertiary alicyclic amines) is 1. The lowest BCUT2D eigenvalue weighted by Crippen LogP contribution is -2.50. The van der Waals surface area contributed by atoms with Crippen molar-refractivity contribution in [2.24, 2.45) is 0 Å². The van der Waals surface area contributed by atoms with Gasteiger partial charge in [-0.3, -0.25) is 14.7 Å². The average molecular weight is 260 g/mol. The van der Waals surface area contributed by atoms with Crippen LogP contribution in [0.3, 0.4) is 0 Å². The Morgan fingerprint density at radius 1 is 1.16 bits per heavy atom. The number of aromatic nitrogens is 1. The van der Waals surface area contributed by atoms with Crippen LogP contribution in [0.2, 0.25) is 0 Å². The molecular formula is C16H24N2O. The highest BCUT2D eigenvalue weighted by atomic mass is 16.1. The molecule has 19 heavy (non-hydrogen) atoms. The molecule has 0 amide bonds. The van der Waals surface area contributed by atoms with E-state index in [1.165, 1.54) is 25.7 Å². The molecule has 0 N–H and O–H groups in total. The largest absolute Gasteiger partial charge is 0.292 e. The van der Waals surface area contributed by atoms with Gasteiger partial charge in [0.1, 0.15) is 0 Å². The van der Waals surface area contributed by atoms with E-state index in [2.05, 4.69) is 9.88 Å². The number of aryl methyl sites for hydroxylation is 1. The van der Waals surface area contributed by atoms with Crippen LogP contribution in [0.5, 0.6) is 0 Å². The predicted octanol–water partition coefficient (Wildman–Crippen LogP) is 3.23. The molecule has 0 atom stereocenters. The summed E-state index contributed by atoms with van der Waals surface area (Å²) in [5.41, 5.74) is 1.24. The molecule has 1 aromatic heterocycles. The SMILES string of the molecule is Cc1ccc(C(=O)C(C)(C)N2CCCCCC2)cn1. The van der Waals surface area contributed by atoms with E-state index in [1.807, 2.05) is 32.9 Å². The molecule has 0 bridgehead atoms. The normalized spacial score (nSPS) is 18.1. The van der Waals surface area contributed by atoms with Gasteiger partial charge in [-0.2, -0.15) is 0 Å². The van der Waals surface area contributed by atoms with Gasteiger partial charge in [0.2, 0.25) is 0 Å². The molecule has 0 unspecified atom stereocenters. The van der Waals surface area contributed by atoms with Gasteiger partial charge in [0.05, 0.1) is 5.54 Å². The van der Waals surface area contributed by atoms with Crippen molar-refractivity contribution in [1.29, 1.82) is 0 Å². The zero-order chi connectivity index (χ0) is 13.9. The Bertz CT molecular complexity index is 429. The third-order valence-electron chi connectivity index (χ3n) is 4.13. The van der Waals surface area contributed by atoms with E-state index >= 15 is 0 Å². The molecule has 3 nitrogen and oxygen atoms in total. The smallest absolute Gasteiger partial charge is 0.184 e. The second kappa shape index (κ2) is 5.83. The van der Waals surface area contributed by atoms with E-state index in [9.17, 15) is 4.79 Å². The summed E-state index contributed by atoms with van der Waals surface area (Å²) in [4.78, 5) is 19.3. The molecule has 3 heteroatoms. The fraction of sp³-hybridized carbons (Fsp3) is 0.625. The minimum atomic E-state index is -0.429. The van der Waals surface area contributed by atoms with E-state index in [0.29, 0.717) is 0 Å². The van der Waals surface area contributed by atoms with E-state index < -0.39 is 5.54 Å². The molecule has 0 aliphatic carbocycles. The Hall–Kier alpha value is -1.22. The summed E-state index contributed by atoms with van der Waals surface area (Å²) in [6, 6.07) is 3.80. The van der Waals surface area contributed by atoms with Gasteiger partial charge in [0, 0.05) is 17.5 Å². The van der Waals surface area contributed by atoms with Crippen LogP contribution in [0, 0.1) is 6.92 Å². The summed E-state index contributed by atoms with van der Waals surface area (Å²) in [6.07, 6.45) is 6.67. The molecule has 0 saturated carbocycles. The van der Waals surface area contributed by atoms with Crippen LogP contribution in [0.15, 0.2) is 18.3 Å². The fourth-order valence-corrected chi connectivity index (χ4v) is 2.73. The van der Waals surface area contributed by atoms with Gasteiger partial charge in [-0.1, -0.05) is 12.8 Å². The number of carbonyl (C=O) groups excluding carboxylic acids is 1. The van der Waals surface area contributed by atoms with E-state index in [4.69, 9.17) is 0 Å². The highest BCUT2D eigenvalue weighted by Crippen LogP contribution is 2.24. The first-order valence-corrected chi connectivity index (χ1v) is 7.24. The molecular weight excluding hydrogens is 236 g/mol. The Balaban J connectivity index is 2.17. The zero-order valence-corrected chi connectivity index (χ0v) is 12.3. The Kier molecular flexibility index (Phi) is 4.35. The van der Waals surface area contributed by atoms with Crippen molar-refractivity contribution in [3.63, 3.8) is 0 Å². The number of ketones is 1. The van der Waals surface area contributed by atoms with Gasteiger partial charge in [-0.15, -0.1) is 0 Å². The monoisotopic (exact) mass is 260 g/mol. The van der Waals surface area contributed by atoms with Crippen molar-refractivity contribution in [2.45, 2.75) is 52.0 Å². The molecule has 1 saturated heterocycles. The van der Waals surface area contributed by atoms with Gasteiger partial charge in [0.25, 0.3) is 0 Å². The molecule has 1 aromatic rings. The van der Waals surface area contributed by atoms with Crippen molar-refractivity contribution in [3.8, 4) is 0 Å². The summed E-state index contributed by atoms with van der Waals surface area (Å²) in [6.45, 7) is 8.07. The molecule has 0 radical (unpaired) electrons. The van der Waals surface area contributed by atoms with E-state index in [0.717, 1.165) is 24.3 Å². The molecule has 1 aliphatic rings. The average Bonchev–Trinajstić information content (AvgIpc) is 2.68. The minimum Gasteiger partial charge on any atom is -0.292 e. The van der Waals surface area contributed by atoms with Gasteiger partial charge in [0.15, 0.2) is 5.78 Å². The maximum absolute atomic E-state index is 12.7. The van der Waals surface area contributed by atoms with Crippen molar-refractivity contribution >= 4 is 5.78 Å². The summed E-state index contributed by atoms with van der Waals surface area (Å²) >= 11 is 0. The van der Waals surface area contributed by atoms with Crippen molar-refractivity contribution in [1.82, 2.24) is 9.88 Å². The Morgan fingerprint density at radius 2 is 1.79 bits per heavy atom. The number of rotatable bonds is 3. The highest BCUT2D eigenvalue weighted by Gasteiger charge is 2.35. The van der Waals surface area contributed by atoms with Crippen LogP contribution in [0.1, 0.15) is 55.6 Å². The van der Waals surface area contributed by atoms with Crippen LogP contribution in [0.4, 0.5) is 0 Å². The lowest BCUT2D eigenvalue weighted by molar-refractivity contribution is 0.0649. The Labute approximate surface area is 116 Å². The fourth-order valence-electron chi connectivity index (χ4n) is 2.73. The maximum Gasteiger partial charge on any atom is 0.184 e. The van der Waals surface area contributed by atoms with Crippen LogP contribution in [-0.4, -0.2) is 34.3 Å². The predicted molar refractivity (Wildman–Crippen MR) is 77.4 cm³/mol. The minimum absolute atomic E-state index is 0.182. The third-order valence-corrected chi connectivity index (χ3v) is 4.13. The molecule has 0 aromatic carbocycles. The number of hydrogen-bond donors (Lipinski definition) is 0. The number of carbonyl (C=O) groups is 1. The van der Waals surface area contributed by atoms with Crippen LogP contribution in [-0.2, 0) is 0 Å². The first-order chi connectivity index (χ1) is 9.01. The summed E-state index contributed by atoms with van der Waals surface area (Å²) in [7, 11) is 0. The molecule has 104 valence electrons. The van der Waals surface area contributed by atoms with Crippen molar-refractivity contribution in [3.05, 3.63) is 29.6 Å². The van der Waals surface area contributed by atoms with Crippen LogP contribution < -0.4 is 0 Å². The van der Waals surface area contributed by atoms with E-state index in [-0.39, 0.29) is 5.78 Å². The molecule has 0 spiro atoms. The second-order valence-corrected chi connectivity index (χ2v) is 5.98. The van der Waals surface area contributed by atoms with Crippen molar-refractivity contribution in [2.75, 3.05) is 13.1 Å². The first kappa shape index (κ1) is 14.2. The highest BCUT2D eigenvalue weighted by molar-refractivity contribution is 6.02. The van der Waals surface area contributed by atoms with Gasteiger partial charge in [-0.05, 0) is 58.8 Å². The van der Waals surface area contributed by atoms with E-state index in [1.54, 1.807) is 6.20 Å². The number of nitrogens with zero attached hydrogens (tertiary/aromatic N) is 2. The first-order valence-electron chi connectivity index (χ1n) is 7.24. The maximum atomic E-state index is 12.7. The third kappa shape index (κ3) is 3.21. The molecule has 1 fully saturated rings. The number of pyridine rings is 1. The number of Topliss-reactive ketones (excluding diaryl/α,β-unsaturated/α-hetero) is 1. The van der Waals surface area contributed by atoms with Crippen LogP contribution in [0.25, 0.3) is 0 Å². The van der Waals surface area contributed by atoms with Gasteiger partial charge < -0.3 is 0 Å². The molecule has 2 heterocycles. The summed E-state index contributed by atoms with van der Waals surface area (Å²) in [5, 5.41) is 0. The van der Waals surface area contributed by atoms with Crippen molar-refractivity contribution < 1.29 is 4.79 Å². The quantitative estimate of drug-likeness (QED) is 0.782. The zero-order valence-electron chi connectivity index (χ0n) is 12.3. The number of hydrogen-bond acceptors (Lipinski definition) is 3. The second-order valence-electron chi connectivity index (χ2n) is 5.98. The topological polar surface area (TPSA) is 33.2 Å². The Morgan fingerprint density at radius 3 is 2.32 bits per heavy atom. The van der Waals surface area contributed by atoms with Crippen LogP contribution >= 0.6 is 0 Å². The molecule has 1 aliphatic heterocycles. The lowest BCUT2D eigenvalue weighted by atomic mass is 9.91. The lowest BCUT2D eigenvalue weighted by Gasteiger charge is -2.36. The van der Waals surface area contributed by atoms with Gasteiger partial charge >= 0.3 is 0 Å². The standard InChI is InChI=1S/C16H24N2O/c1-13-8-9-14(12-17-13)15(19)16(2,3)18-10-6-4-5-7-11-18/h8-9,12H,4-7,10-11H2,1-3H3. The summed E-state index contributed by atoms with van der Waals surface area (Å²) in [5.74, 6) is 0.182. The molecule has 2 rings (SSSR count).